The van der Waals surface area contributed by atoms with Crippen LogP contribution in [0.5, 0.6) is 0 Å². The Kier molecular flexibility index (Phi) is 1.79. The SMILES string of the molecule is CC(N)Cc1nnc[nH]1. The van der Waals surface area contributed by atoms with Gasteiger partial charge in [-0.3, -0.25) is 0 Å². The van der Waals surface area contributed by atoms with Gasteiger partial charge in [0.25, 0.3) is 0 Å². The Bertz CT molecular complexity index is 155. The van der Waals surface area contributed by atoms with Crippen molar-refractivity contribution in [2.45, 2.75) is 19.4 Å². The normalized spacial score (nSPS) is 13.6. The summed E-state index contributed by atoms with van der Waals surface area (Å²) in [6.45, 7) is 1.93. The molecular weight excluding hydrogens is 116 g/mol. The maximum atomic E-state index is 5.50. The van der Waals surface area contributed by atoms with Crippen LogP contribution in [-0.2, 0) is 6.42 Å². The Morgan fingerprint density at radius 3 is 3.11 bits per heavy atom. The smallest absolute Gasteiger partial charge is 0.131 e. The van der Waals surface area contributed by atoms with Gasteiger partial charge in [-0.2, -0.15) is 0 Å². The molecule has 9 heavy (non-hydrogen) atoms. The number of nitrogens with zero attached hydrogens (tertiary/aromatic N) is 2. The molecule has 0 aromatic carbocycles. The lowest BCUT2D eigenvalue weighted by Gasteiger charge is -1.97. The first-order valence-electron chi connectivity index (χ1n) is 2.89. The first kappa shape index (κ1) is 6.22. The van der Waals surface area contributed by atoms with Crippen molar-refractivity contribution in [1.82, 2.24) is 15.2 Å². The highest BCUT2D eigenvalue weighted by molar-refractivity contribution is 4.82. The second-order valence-corrected chi connectivity index (χ2v) is 2.12. The lowest BCUT2D eigenvalue weighted by atomic mass is 10.2. The van der Waals surface area contributed by atoms with Gasteiger partial charge in [0, 0.05) is 12.5 Å². The highest BCUT2D eigenvalue weighted by atomic mass is 15.2. The maximum absolute atomic E-state index is 5.50. The number of nitrogens with two attached hydrogens (primary N) is 1. The summed E-state index contributed by atoms with van der Waals surface area (Å²) in [4.78, 5) is 2.87. The van der Waals surface area contributed by atoms with E-state index in [1.165, 1.54) is 0 Å². The van der Waals surface area contributed by atoms with Gasteiger partial charge in [-0.05, 0) is 6.92 Å². The molecule has 0 spiro atoms. The predicted molar refractivity (Wildman–Crippen MR) is 33.7 cm³/mol. The van der Waals surface area contributed by atoms with Gasteiger partial charge in [-0.25, -0.2) is 0 Å². The fourth-order valence-electron chi connectivity index (χ4n) is 0.636. The van der Waals surface area contributed by atoms with Crippen LogP contribution in [0.2, 0.25) is 0 Å². The Morgan fingerprint density at radius 1 is 1.89 bits per heavy atom. The number of hydrogen-bond donors (Lipinski definition) is 2. The molecule has 3 N–H and O–H groups in total. The monoisotopic (exact) mass is 126 g/mol. The lowest BCUT2D eigenvalue weighted by molar-refractivity contribution is 0.705. The summed E-state index contributed by atoms with van der Waals surface area (Å²) in [5.74, 6) is 0.852. The second kappa shape index (κ2) is 2.59. The van der Waals surface area contributed by atoms with E-state index >= 15 is 0 Å². The molecule has 1 heterocycles. The highest BCUT2D eigenvalue weighted by Crippen LogP contribution is 1.89. The van der Waals surface area contributed by atoms with E-state index in [4.69, 9.17) is 5.73 Å². The van der Waals surface area contributed by atoms with Crippen LogP contribution in [0, 0.1) is 0 Å². The minimum Gasteiger partial charge on any atom is -0.332 e. The van der Waals surface area contributed by atoms with E-state index in [2.05, 4.69) is 15.2 Å². The highest BCUT2D eigenvalue weighted by Gasteiger charge is 1.98. The third kappa shape index (κ3) is 1.81. The molecule has 0 aliphatic carbocycles. The molecule has 1 atom stereocenters. The molecule has 4 heteroatoms. The average molecular weight is 126 g/mol. The largest absolute Gasteiger partial charge is 0.332 e. The van der Waals surface area contributed by atoms with Crippen LogP contribution in [0.4, 0.5) is 0 Å². The van der Waals surface area contributed by atoms with Crippen molar-refractivity contribution in [1.29, 1.82) is 0 Å². The van der Waals surface area contributed by atoms with Crippen molar-refractivity contribution in [3.05, 3.63) is 12.2 Å². The van der Waals surface area contributed by atoms with Gasteiger partial charge in [0.2, 0.25) is 0 Å². The first-order chi connectivity index (χ1) is 4.29. The molecule has 0 radical (unpaired) electrons. The van der Waals surface area contributed by atoms with Gasteiger partial charge in [0.05, 0.1) is 0 Å². The molecule has 0 aliphatic rings. The van der Waals surface area contributed by atoms with Crippen molar-refractivity contribution in [3.8, 4) is 0 Å². The van der Waals surface area contributed by atoms with Gasteiger partial charge >= 0.3 is 0 Å². The molecule has 0 aliphatic heterocycles. The molecule has 1 aromatic rings. The third-order valence-corrected chi connectivity index (χ3v) is 0.983. The van der Waals surface area contributed by atoms with E-state index in [-0.39, 0.29) is 6.04 Å². The van der Waals surface area contributed by atoms with Gasteiger partial charge in [0.15, 0.2) is 0 Å². The van der Waals surface area contributed by atoms with Crippen molar-refractivity contribution in [3.63, 3.8) is 0 Å². The fraction of sp³-hybridized carbons (Fsp3) is 0.600. The zero-order valence-electron chi connectivity index (χ0n) is 5.33. The number of aromatic amines is 1. The molecule has 50 valence electrons. The minimum absolute atomic E-state index is 0.151. The summed E-state index contributed by atoms with van der Waals surface area (Å²) >= 11 is 0. The van der Waals surface area contributed by atoms with E-state index in [0.29, 0.717) is 0 Å². The molecule has 0 saturated carbocycles. The Morgan fingerprint density at radius 2 is 2.67 bits per heavy atom. The third-order valence-electron chi connectivity index (χ3n) is 0.983. The minimum atomic E-state index is 0.151. The van der Waals surface area contributed by atoms with Gasteiger partial charge in [-0.15, -0.1) is 10.2 Å². The number of aromatic nitrogens is 3. The summed E-state index contributed by atoms with van der Waals surface area (Å²) in [6, 6.07) is 0.151. The summed E-state index contributed by atoms with van der Waals surface area (Å²) in [7, 11) is 0. The number of hydrogen-bond acceptors (Lipinski definition) is 3. The van der Waals surface area contributed by atoms with Crippen LogP contribution in [0.1, 0.15) is 12.7 Å². The van der Waals surface area contributed by atoms with Crippen LogP contribution in [0.25, 0.3) is 0 Å². The standard InChI is InChI=1S/C5H10N4/c1-4(6)2-5-7-3-8-9-5/h3-4H,2,6H2,1H3,(H,7,8,9). The van der Waals surface area contributed by atoms with E-state index in [9.17, 15) is 0 Å². The zero-order valence-corrected chi connectivity index (χ0v) is 5.33. The molecular formula is C5H10N4. The van der Waals surface area contributed by atoms with E-state index in [0.717, 1.165) is 12.2 Å². The number of rotatable bonds is 2. The van der Waals surface area contributed by atoms with Crippen LogP contribution in [-0.4, -0.2) is 21.2 Å². The molecule has 0 saturated heterocycles. The molecule has 0 amide bonds. The molecule has 4 nitrogen and oxygen atoms in total. The maximum Gasteiger partial charge on any atom is 0.131 e. The Balaban J connectivity index is 2.48. The molecule has 1 unspecified atom stereocenters. The number of H-pyrrole nitrogens is 1. The summed E-state index contributed by atoms with van der Waals surface area (Å²) in [5.41, 5.74) is 5.50. The fourth-order valence-corrected chi connectivity index (χ4v) is 0.636. The molecule has 1 rings (SSSR count). The molecule has 0 fully saturated rings. The van der Waals surface area contributed by atoms with Crippen molar-refractivity contribution >= 4 is 0 Å². The first-order valence-corrected chi connectivity index (χ1v) is 2.89. The topological polar surface area (TPSA) is 67.6 Å². The van der Waals surface area contributed by atoms with Crippen LogP contribution in [0.15, 0.2) is 6.33 Å². The number of nitrogens with one attached hydrogen (secondary N) is 1. The van der Waals surface area contributed by atoms with E-state index in [1.807, 2.05) is 6.92 Å². The summed E-state index contributed by atoms with van der Waals surface area (Å²) in [5, 5.41) is 7.38. The summed E-state index contributed by atoms with van der Waals surface area (Å²) < 4.78 is 0. The molecule has 0 bridgehead atoms. The van der Waals surface area contributed by atoms with Crippen molar-refractivity contribution in [2.24, 2.45) is 5.73 Å². The quantitative estimate of drug-likeness (QED) is 0.571. The van der Waals surface area contributed by atoms with Gasteiger partial charge < -0.3 is 10.7 Å². The lowest BCUT2D eigenvalue weighted by Crippen LogP contribution is -2.18. The van der Waals surface area contributed by atoms with Gasteiger partial charge in [-0.1, -0.05) is 0 Å². The van der Waals surface area contributed by atoms with E-state index in [1.54, 1.807) is 6.33 Å². The molecule has 1 aromatic heterocycles. The second-order valence-electron chi connectivity index (χ2n) is 2.12. The van der Waals surface area contributed by atoms with Crippen LogP contribution < -0.4 is 5.73 Å². The Labute approximate surface area is 53.5 Å². The van der Waals surface area contributed by atoms with Crippen molar-refractivity contribution < 1.29 is 0 Å². The summed E-state index contributed by atoms with van der Waals surface area (Å²) in [6.07, 6.45) is 2.32. The van der Waals surface area contributed by atoms with Crippen molar-refractivity contribution in [2.75, 3.05) is 0 Å². The van der Waals surface area contributed by atoms with E-state index < -0.39 is 0 Å². The van der Waals surface area contributed by atoms with Gasteiger partial charge in [0.1, 0.15) is 12.2 Å². The Hall–Kier alpha value is -0.900. The average Bonchev–Trinajstić information content (AvgIpc) is 2.15. The predicted octanol–water partition coefficient (Wildman–Crippen LogP) is -0.306. The van der Waals surface area contributed by atoms with Crippen LogP contribution >= 0.6 is 0 Å². The zero-order chi connectivity index (χ0) is 6.69. The van der Waals surface area contributed by atoms with Crippen LogP contribution in [0.3, 0.4) is 0 Å².